The molecule has 0 amide bonds. The van der Waals surface area contributed by atoms with Gasteiger partial charge >= 0.3 is 5.97 Å². The molecule has 0 aliphatic carbocycles. The average molecular weight is 506 g/mol. The predicted octanol–water partition coefficient (Wildman–Crippen LogP) is 5.23. The Morgan fingerprint density at radius 2 is 1.86 bits per heavy atom. The van der Waals surface area contributed by atoms with Crippen molar-refractivity contribution in [1.82, 2.24) is 19.5 Å². The van der Waals surface area contributed by atoms with Crippen LogP contribution < -0.4 is 15.6 Å². The normalized spacial score (nSPS) is 10.8. The molecule has 0 bridgehead atoms. The van der Waals surface area contributed by atoms with Crippen LogP contribution in [-0.2, 0) is 13.0 Å². The molecule has 1 aromatic carbocycles. The summed E-state index contributed by atoms with van der Waals surface area (Å²) in [6, 6.07) is 15.4. The Balaban J connectivity index is 1.60. The van der Waals surface area contributed by atoms with Crippen molar-refractivity contribution in [3.63, 3.8) is 0 Å². The molecule has 10 heteroatoms. The molecule has 0 spiro atoms. The number of rotatable bonds is 9. The van der Waals surface area contributed by atoms with Gasteiger partial charge in [0.15, 0.2) is 11.4 Å². The van der Waals surface area contributed by atoms with E-state index < -0.39 is 5.97 Å². The van der Waals surface area contributed by atoms with Crippen LogP contribution in [-0.4, -0.2) is 30.6 Å². The molecule has 0 saturated carbocycles. The number of aromatic nitrogens is 4. The molecule has 4 rings (SSSR count). The minimum absolute atomic E-state index is 0.118. The lowest BCUT2D eigenvalue weighted by Gasteiger charge is -2.16. The third kappa shape index (κ3) is 6.05. The van der Waals surface area contributed by atoms with Crippen molar-refractivity contribution >= 4 is 29.3 Å². The summed E-state index contributed by atoms with van der Waals surface area (Å²) in [5, 5.41) is 12.9. The summed E-state index contributed by atoms with van der Waals surface area (Å²) >= 11 is 6.02. The minimum atomic E-state index is -1.14. The van der Waals surface area contributed by atoms with E-state index in [0.717, 1.165) is 12.0 Å². The number of nitrogens with zero attached hydrogens (tertiary/aromatic N) is 4. The summed E-state index contributed by atoms with van der Waals surface area (Å²) in [4.78, 5) is 36.5. The fourth-order valence-corrected chi connectivity index (χ4v) is 3.65. The molecule has 0 radical (unpaired) electrons. The Labute approximate surface area is 212 Å². The number of ether oxygens (including phenoxy) is 1. The van der Waals surface area contributed by atoms with Gasteiger partial charge < -0.3 is 19.7 Å². The zero-order valence-corrected chi connectivity index (χ0v) is 20.5. The fourth-order valence-electron chi connectivity index (χ4n) is 3.53. The molecular formula is C26H24ClN5O4. The van der Waals surface area contributed by atoms with Crippen LogP contribution in [0.2, 0.25) is 5.02 Å². The second-order valence-electron chi connectivity index (χ2n) is 8.07. The summed E-state index contributed by atoms with van der Waals surface area (Å²) < 4.78 is 7.61. The van der Waals surface area contributed by atoms with Crippen molar-refractivity contribution in [2.24, 2.45) is 0 Å². The number of benzene rings is 1. The first-order chi connectivity index (χ1) is 17.3. The lowest BCUT2D eigenvalue weighted by molar-refractivity contribution is 0.0689. The number of carbonyl (C=O) groups is 1. The zero-order valence-electron chi connectivity index (χ0n) is 19.7. The average Bonchev–Trinajstić information content (AvgIpc) is 2.85. The number of nitrogens with one attached hydrogen (secondary N) is 1. The van der Waals surface area contributed by atoms with Gasteiger partial charge in [-0.25, -0.2) is 14.8 Å². The Morgan fingerprint density at radius 1 is 1.08 bits per heavy atom. The molecule has 184 valence electrons. The fraction of sp³-hybridized carbons (Fsp3) is 0.192. The number of anilines is 2. The highest BCUT2D eigenvalue weighted by atomic mass is 35.5. The molecule has 36 heavy (non-hydrogen) atoms. The van der Waals surface area contributed by atoms with E-state index in [1.165, 1.54) is 6.07 Å². The number of carboxylic acids is 1. The van der Waals surface area contributed by atoms with Crippen LogP contribution in [0.4, 0.5) is 11.8 Å². The van der Waals surface area contributed by atoms with Gasteiger partial charge in [-0.3, -0.25) is 4.79 Å². The molecule has 2 N–H and O–H groups in total. The van der Waals surface area contributed by atoms with E-state index in [4.69, 9.17) is 21.4 Å². The monoisotopic (exact) mass is 505 g/mol. The van der Waals surface area contributed by atoms with Crippen LogP contribution in [0.1, 0.15) is 40.7 Å². The quantitative estimate of drug-likeness (QED) is 0.317. The molecule has 0 unspecified atom stereocenters. The molecule has 0 atom stereocenters. The number of hydrogen-bond donors (Lipinski definition) is 2. The summed E-state index contributed by atoms with van der Waals surface area (Å²) in [6.07, 6.45) is 3.28. The van der Waals surface area contributed by atoms with Crippen molar-refractivity contribution in [2.45, 2.75) is 33.2 Å². The maximum atomic E-state index is 12.6. The second-order valence-corrected chi connectivity index (χ2v) is 8.51. The number of pyridine rings is 2. The Kier molecular flexibility index (Phi) is 7.60. The molecule has 3 heterocycles. The van der Waals surface area contributed by atoms with Gasteiger partial charge in [0.05, 0.1) is 12.2 Å². The molecule has 9 nitrogen and oxygen atoms in total. The van der Waals surface area contributed by atoms with Gasteiger partial charge in [-0.2, -0.15) is 4.98 Å². The standard InChI is InChI=1S/C26H24ClN5O4/c1-3-5-18-15-32(14-17-8-10-19(27)11-9-17)26(31-24(18)33)30-22-13-12-21(16(2)28-22)36-23-7-4-6-20(29-23)25(34)35/h4,6-13,15H,3,5,14H2,1-2H3,(H,34,35)(H,28,30,31,33). The van der Waals surface area contributed by atoms with Crippen molar-refractivity contribution in [2.75, 3.05) is 5.32 Å². The van der Waals surface area contributed by atoms with Crippen LogP contribution in [0.15, 0.2) is 65.6 Å². The van der Waals surface area contributed by atoms with E-state index in [1.54, 1.807) is 31.2 Å². The van der Waals surface area contributed by atoms with Crippen molar-refractivity contribution in [3.05, 3.63) is 98.7 Å². The number of aromatic carboxylic acids is 1. The smallest absolute Gasteiger partial charge is 0.354 e. The van der Waals surface area contributed by atoms with Crippen LogP contribution >= 0.6 is 11.6 Å². The number of aryl methyl sites for hydroxylation is 2. The maximum absolute atomic E-state index is 12.6. The maximum Gasteiger partial charge on any atom is 0.354 e. The molecule has 0 aliphatic heterocycles. The Morgan fingerprint density at radius 3 is 2.56 bits per heavy atom. The minimum Gasteiger partial charge on any atom is -0.477 e. The first-order valence-electron chi connectivity index (χ1n) is 11.3. The van der Waals surface area contributed by atoms with E-state index in [2.05, 4.69) is 20.3 Å². The van der Waals surface area contributed by atoms with Crippen LogP contribution in [0.5, 0.6) is 11.6 Å². The van der Waals surface area contributed by atoms with Gasteiger partial charge in [-0.05, 0) is 49.2 Å². The highest BCUT2D eigenvalue weighted by Gasteiger charge is 2.13. The molecule has 3 aromatic heterocycles. The van der Waals surface area contributed by atoms with E-state index >= 15 is 0 Å². The van der Waals surface area contributed by atoms with Gasteiger partial charge in [0.1, 0.15) is 5.82 Å². The van der Waals surface area contributed by atoms with Crippen LogP contribution in [0.3, 0.4) is 0 Å². The molecule has 0 fully saturated rings. The van der Waals surface area contributed by atoms with E-state index in [1.807, 2.05) is 42.0 Å². The number of hydrogen-bond acceptors (Lipinski definition) is 7. The van der Waals surface area contributed by atoms with Gasteiger partial charge in [0, 0.05) is 22.8 Å². The van der Waals surface area contributed by atoms with Gasteiger partial charge in [0.25, 0.3) is 5.56 Å². The topological polar surface area (TPSA) is 119 Å². The highest BCUT2D eigenvalue weighted by molar-refractivity contribution is 6.30. The molecule has 4 aromatic rings. The molecule has 0 saturated heterocycles. The second kappa shape index (κ2) is 11.0. The van der Waals surface area contributed by atoms with Crippen molar-refractivity contribution < 1.29 is 14.6 Å². The SMILES string of the molecule is CCCc1cn(Cc2ccc(Cl)cc2)c(Nc2ccc(Oc3cccc(C(=O)O)n3)c(C)n2)nc1=O. The third-order valence-electron chi connectivity index (χ3n) is 5.29. The van der Waals surface area contributed by atoms with E-state index in [9.17, 15) is 9.59 Å². The predicted molar refractivity (Wildman–Crippen MR) is 137 cm³/mol. The van der Waals surface area contributed by atoms with Gasteiger partial charge in [-0.15, -0.1) is 0 Å². The lowest BCUT2D eigenvalue weighted by atomic mass is 10.2. The Hall–Kier alpha value is -4.24. The summed E-state index contributed by atoms with van der Waals surface area (Å²) in [6.45, 7) is 4.24. The number of carboxylic acid groups (broad SMARTS) is 1. The van der Waals surface area contributed by atoms with Crippen molar-refractivity contribution in [3.8, 4) is 11.6 Å². The molecule has 0 aliphatic rings. The van der Waals surface area contributed by atoms with Gasteiger partial charge in [0.2, 0.25) is 11.8 Å². The summed E-state index contributed by atoms with van der Waals surface area (Å²) in [5.74, 6) is 0.237. The third-order valence-corrected chi connectivity index (χ3v) is 5.54. The largest absolute Gasteiger partial charge is 0.477 e. The van der Waals surface area contributed by atoms with Gasteiger partial charge in [-0.1, -0.05) is 43.1 Å². The van der Waals surface area contributed by atoms with Crippen LogP contribution in [0.25, 0.3) is 0 Å². The molecular weight excluding hydrogens is 482 g/mol. The zero-order chi connectivity index (χ0) is 25.7. The summed E-state index contributed by atoms with van der Waals surface area (Å²) in [7, 11) is 0. The summed E-state index contributed by atoms with van der Waals surface area (Å²) in [5.41, 5.74) is 1.78. The Bertz CT molecular complexity index is 1450. The van der Waals surface area contributed by atoms with E-state index in [-0.39, 0.29) is 17.1 Å². The van der Waals surface area contributed by atoms with Crippen molar-refractivity contribution in [1.29, 1.82) is 0 Å². The highest BCUT2D eigenvalue weighted by Crippen LogP contribution is 2.25. The first-order valence-corrected chi connectivity index (χ1v) is 11.7. The van der Waals surface area contributed by atoms with E-state index in [0.29, 0.717) is 46.8 Å². The number of halogens is 1. The van der Waals surface area contributed by atoms with Crippen LogP contribution in [0, 0.1) is 6.92 Å². The lowest BCUT2D eigenvalue weighted by Crippen LogP contribution is -2.21. The first kappa shape index (κ1) is 24.9.